The van der Waals surface area contributed by atoms with Gasteiger partial charge in [-0.15, -0.1) is 0 Å². The minimum Gasteiger partial charge on any atom is -0.478 e. The molecule has 1 aromatic carbocycles. The van der Waals surface area contributed by atoms with Crippen LogP contribution in [0.3, 0.4) is 0 Å². The predicted octanol–water partition coefficient (Wildman–Crippen LogP) is 1.85. The quantitative estimate of drug-likeness (QED) is 0.760. The molecule has 14 heavy (non-hydrogen) atoms. The van der Waals surface area contributed by atoms with Crippen molar-refractivity contribution in [2.45, 2.75) is 19.9 Å². The SMILES string of the molecule is Cc1cc(C(=O)O)c([C@@H](C)N)cc1F. The van der Waals surface area contributed by atoms with E-state index in [1.807, 2.05) is 0 Å². The van der Waals surface area contributed by atoms with E-state index in [1.165, 1.54) is 19.1 Å². The first-order valence-electron chi connectivity index (χ1n) is 4.22. The molecular formula is C10H12FNO2. The maximum absolute atomic E-state index is 13.1. The zero-order valence-electron chi connectivity index (χ0n) is 8.04. The van der Waals surface area contributed by atoms with E-state index in [2.05, 4.69) is 0 Å². The van der Waals surface area contributed by atoms with Gasteiger partial charge in [0.1, 0.15) is 5.82 Å². The molecule has 0 saturated heterocycles. The summed E-state index contributed by atoms with van der Waals surface area (Å²) in [5.41, 5.74) is 6.24. The van der Waals surface area contributed by atoms with E-state index < -0.39 is 17.8 Å². The largest absolute Gasteiger partial charge is 0.478 e. The van der Waals surface area contributed by atoms with Gasteiger partial charge in [0.15, 0.2) is 0 Å². The van der Waals surface area contributed by atoms with Crippen molar-refractivity contribution in [3.8, 4) is 0 Å². The van der Waals surface area contributed by atoms with Gasteiger partial charge in [0, 0.05) is 6.04 Å². The van der Waals surface area contributed by atoms with Crippen molar-refractivity contribution in [1.29, 1.82) is 0 Å². The third-order valence-electron chi connectivity index (χ3n) is 2.05. The first kappa shape index (κ1) is 10.7. The third-order valence-corrected chi connectivity index (χ3v) is 2.05. The highest BCUT2D eigenvalue weighted by Crippen LogP contribution is 2.20. The summed E-state index contributed by atoms with van der Waals surface area (Å²) in [6.07, 6.45) is 0. The van der Waals surface area contributed by atoms with E-state index in [0.717, 1.165) is 0 Å². The summed E-state index contributed by atoms with van der Waals surface area (Å²) >= 11 is 0. The first-order chi connectivity index (χ1) is 6.43. The van der Waals surface area contributed by atoms with E-state index in [9.17, 15) is 9.18 Å². The van der Waals surface area contributed by atoms with Gasteiger partial charge >= 0.3 is 5.97 Å². The Morgan fingerprint density at radius 3 is 2.57 bits per heavy atom. The van der Waals surface area contributed by atoms with Crippen LogP contribution >= 0.6 is 0 Å². The van der Waals surface area contributed by atoms with Gasteiger partial charge in [0.05, 0.1) is 5.56 Å². The Kier molecular flexibility index (Phi) is 2.86. The summed E-state index contributed by atoms with van der Waals surface area (Å²) in [7, 11) is 0. The van der Waals surface area contributed by atoms with Gasteiger partial charge < -0.3 is 10.8 Å². The molecule has 0 amide bonds. The summed E-state index contributed by atoms with van der Waals surface area (Å²) < 4.78 is 13.1. The Bertz CT molecular complexity index is 375. The molecule has 0 aliphatic carbocycles. The molecule has 0 fully saturated rings. The van der Waals surface area contributed by atoms with Crippen LogP contribution in [-0.2, 0) is 0 Å². The van der Waals surface area contributed by atoms with Gasteiger partial charge in [-0.2, -0.15) is 0 Å². The summed E-state index contributed by atoms with van der Waals surface area (Å²) in [5, 5.41) is 8.85. The Labute approximate surface area is 81.4 Å². The molecule has 0 radical (unpaired) electrons. The van der Waals surface area contributed by atoms with Crippen molar-refractivity contribution in [1.82, 2.24) is 0 Å². The number of aryl methyl sites for hydroxylation is 1. The van der Waals surface area contributed by atoms with Crippen molar-refractivity contribution in [2.75, 3.05) is 0 Å². The van der Waals surface area contributed by atoms with Crippen LogP contribution in [0.15, 0.2) is 12.1 Å². The average molecular weight is 197 g/mol. The fourth-order valence-corrected chi connectivity index (χ4v) is 1.26. The number of rotatable bonds is 2. The number of aromatic carboxylic acids is 1. The molecular weight excluding hydrogens is 185 g/mol. The second-order valence-electron chi connectivity index (χ2n) is 3.28. The minimum absolute atomic E-state index is 0.0684. The number of benzene rings is 1. The molecule has 3 nitrogen and oxygen atoms in total. The van der Waals surface area contributed by atoms with Gasteiger partial charge in [-0.05, 0) is 37.1 Å². The molecule has 0 unspecified atom stereocenters. The maximum atomic E-state index is 13.1. The van der Waals surface area contributed by atoms with Crippen LogP contribution in [0.25, 0.3) is 0 Å². The monoisotopic (exact) mass is 197 g/mol. The zero-order chi connectivity index (χ0) is 10.9. The van der Waals surface area contributed by atoms with Gasteiger partial charge in [0.2, 0.25) is 0 Å². The molecule has 0 heterocycles. The number of carbonyl (C=O) groups is 1. The maximum Gasteiger partial charge on any atom is 0.336 e. The van der Waals surface area contributed by atoms with Crippen LogP contribution in [-0.4, -0.2) is 11.1 Å². The molecule has 0 bridgehead atoms. The van der Waals surface area contributed by atoms with Crippen LogP contribution in [0.1, 0.15) is 34.5 Å². The lowest BCUT2D eigenvalue weighted by atomic mass is 9.99. The first-order valence-corrected chi connectivity index (χ1v) is 4.22. The van der Waals surface area contributed by atoms with Crippen LogP contribution in [0.5, 0.6) is 0 Å². The van der Waals surface area contributed by atoms with Crippen LogP contribution in [0.2, 0.25) is 0 Å². The molecule has 0 saturated carbocycles. The summed E-state index contributed by atoms with van der Waals surface area (Å²) in [6, 6.07) is 2.00. The molecule has 0 aromatic heterocycles. The number of hydrogen-bond acceptors (Lipinski definition) is 2. The highest BCUT2D eigenvalue weighted by Gasteiger charge is 2.15. The smallest absolute Gasteiger partial charge is 0.336 e. The van der Waals surface area contributed by atoms with Crippen molar-refractivity contribution in [2.24, 2.45) is 5.73 Å². The predicted molar refractivity (Wildman–Crippen MR) is 50.7 cm³/mol. The van der Waals surface area contributed by atoms with Gasteiger partial charge in [0.25, 0.3) is 0 Å². The lowest BCUT2D eigenvalue weighted by Crippen LogP contribution is -2.12. The number of carboxylic acid groups (broad SMARTS) is 1. The zero-order valence-corrected chi connectivity index (χ0v) is 8.04. The summed E-state index contributed by atoms with van der Waals surface area (Å²) in [6.45, 7) is 3.14. The van der Waals surface area contributed by atoms with Crippen molar-refractivity contribution >= 4 is 5.97 Å². The normalized spacial score (nSPS) is 12.6. The molecule has 0 aliphatic heterocycles. The summed E-state index contributed by atoms with van der Waals surface area (Å²) in [5.74, 6) is -1.51. The topological polar surface area (TPSA) is 63.3 Å². The van der Waals surface area contributed by atoms with Crippen LogP contribution in [0.4, 0.5) is 4.39 Å². The van der Waals surface area contributed by atoms with E-state index in [4.69, 9.17) is 10.8 Å². The van der Waals surface area contributed by atoms with Crippen LogP contribution in [0, 0.1) is 12.7 Å². The molecule has 3 N–H and O–H groups in total. The van der Waals surface area contributed by atoms with Crippen molar-refractivity contribution in [3.05, 3.63) is 34.6 Å². The van der Waals surface area contributed by atoms with Gasteiger partial charge in [-0.25, -0.2) is 9.18 Å². The van der Waals surface area contributed by atoms with Crippen molar-refractivity contribution in [3.63, 3.8) is 0 Å². The molecule has 0 spiro atoms. The third kappa shape index (κ3) is 1.90. The number of halogens is 1. The molecule has 1 atom stereocenters. The average Bonchev–Trinajstić information content (AvgIpc) is 2.08. The number of carboxylic acids is 1. The van der Waals surface area contributed by atoms with E-state index in [1.54, 1.807) is 6.92 Å². The highest BCUT2D eigenvalue weighted by atomic mass is 19.1. The fraction of sp³-hybridized carbons (Fsp3) is 0.300. The van der Waals surface area contributed by atoms with E-state index in [0.29, 0.717) is 11.1 Å². The molecule has 76 valence electrons. The van der Waals surface area contributed by atoms with Crippen LogP contribution < -0.4 is 5.73 Å². The minimum atomic E-state index is -1.08. The Morgan fingerprint density at radius 2 is 2.14 bits per heavy atom. The summed E-state index contributed by atoms with van der Waals surface area (Å²) in [4.78, 5) is 10.8. The Balaban J connectivity index is 3.39. The standard InChI is InChI=1S/C10H12FNO2/c1-5-3-8(10(13)14)7(6(2)12)4-9(5)11/h3-4,6H,12H2,1-2H3,(H,13,14)/t6-/m1/s1. The lowest BCUT2D eigenvalue weighted by molar-refractivity contribution is 0.0695. The second kappa shape index (κ2) is 3.75. The highest BCUT2D eigenvalue weighted by molar-refractivity contribution is 5.89. The molecule has 1 aromatic rings. The van der Waals surface area contributed by atoms with Gasteiger partial charge in [-0.1, -0.05) is 0 Å². The number of hydrogen-bond donors (Lipinski definition) is 2. The van der Waals surface area contributed by atoms with E-state index in [-0.39, 0.29) is 5.56 Å². The molecule has 0 aliphatic rings. The molecule has 1 rings (SSSR count). The lowest BCUT2D eigenvalue weighted by Gasteiger charge is -2.11. The number of nitrogens with two attached hydrogens (primary N) is 1. The Morgan fingerprint density at radius 1 is 1.57 bits per heavy atom. The Hall–Kier alpha value is -1.42. The van der Waals surface area contributed by atoms with Gasteiger partial charge in [-0.3, -0.25) is 0 Å². The second-order valence-corrected chi connectivity index (χ2v) is 3.28. The van der Waals surface area contributed by atoms with Crippen molar-refractivity contribution < 1.29 is 14.3 Å². The van der Waals surface area contributed by atoms with E-state index >= 15 is 0 Å². The molecule has 4 heteroatoms. The fourth-order valence-electron chi connectivity index (χ4n) is 1.26.